The summed E-state index contributed by atoms with van der Waals surface area (Å²) >= 11 is 2.77. The number of carbonyl (C=O) groups is 1. The Kier molecular flexibility index (Phi) is 6.67. The van der Waals surface area contributed by atoms with Crippen LogP contribution in [-0.4, -0.2) is 29.0 Å². The molecular formula is C19H20N4O2S2. The SMILES string of the molecule is CCc1ccccc1NC(=O)CSc1nnc(Nc2cccc(OC)c2)s1. The topological polar surface area (TPSA) is 76.1 Å². The Labute approximate surface area is 166 Å². The standard InChI is InChI=1S/C19H20N4O2S2/c1-3-13-7-4-5-10-16(13)21-17(24)12-26-19-23-22-18(27-19)20-14-8-6-9-15(11-14)25-2/h4-11H,3,12H2,1-2H3,(H,20,22)(H,21,24). The quantitative estimate of drug-likeness (QED) is 0.539. The Bertz CT molecular complexity index is 914. The van der Waals surface area contributed by atoms with Crippen LogP contribution in [0.2, 0.25) is 0 Å². The Morgan fingerprint density at radius 2 is 2.04 bits per heavy atom. The van der Waals surface area contributed by atoms with Gasteiger partial charge in [0, 0.05) is 17.4 Å². The van der Waals surface area contributed by atoms with E-state index in [0.717, 1.165) is 33.4 Å². The number of anilines is 3. The van der Waals surface area contributed by atoms with Gasteiger partial charge in [-0.1, -0.05) is 54.3 Å². The predicted octanol–water partition coefficient (Wildman–Crippen LogP) is 4.58. The second-order valence-electron chi connectivity index (χ2n) is 5.58. The van der Waals surface area contributed by atoms with Crippen molar-refractivity contribution in [2.24, 2.45) is 0 Å². The molecule has 0 unspecified atom stereocenters. The van der Waals surface area contributed by atoms with Gasteiger partial charge in [0.2, 0.25) is 11.0 Å². The molecule has 27 heavy (non-hydrogen) atoms. The summed E-state index contributed by atoms with van der Waals surface area (Å²) in [5, 5.41) is 15.1. The van der Waals surface area contributed by atoms with Crippen LogP contribution in [0.25, 0.3) is 0 Å². The second kappa shape index (κ2) is 9.38. The van der Waals surface area contributed by atoms with E-state index in [2.05, 4.69) is 27.8 Å². The van der Waals surface area contributed by atoms with Gasteiger partial charge in [0.1, 0.15) is 5.75 Å². The van der Waals surface area contributed by atoms with Gasteiger partial charge in [-0.3, -0.25) is 4.79 Å². The zero-order valence-electron chi connectivity index (χ0n) is 15.1. The van der Waals surface area contributed by atoms with Crippen LogP contribution in [-0.2, 0) is 11.2 Å². The summed E-state index contributed by atoms with van der Waals surface area (Å²) in [5.41, 5.74) is 2.86. The van der Waals surface area contributed by atoms with Crippen molar-refractivity contribution in [2.75, 3.05) is 23.5 Å². The minimum absolute atomic E-state index is 0.0570. The van der Waals surface area contributed by atoms with Crippen LogP contribution in [0.3, 0.4) is 0 Å². The molecule has 0 fully saturated rings. The normalized spacial score (nSPS) is 10.4. The fourth-order valence-electron chi connectivity index (χ4n) is 2.41. The van der Waals surface area contributed by atoms with Gasteiger partial charge in [0.15, 0.2) is 4.34 Å². The summed E-state index contributed by atoms with van der Waals surface area (Å²) in [4.78, 5) is 12.2. The van der Waals surface area contributed by atoms with Crippen molar-refractivity contribution in [3.8, 4) is 5.75 Å². The molecular weight excluding hydrogens is 380 g/mol. The molecule has 0 radical (unpaired) electrons. The molecule has 0 spiro atoms. The number of carbonyl (C=O) groups excluding carboxylic acids is 1. The van der Waals surface area contributed by atoms with Crippen LogP contribution in [0, 0.1) is 0 Å². The minimum atomic E-state index is -0.0570. The zero-order valence-corrected chi connectivity index (χ0v) is 16.7. The van der Waals surface area contributed by atoms with E-state index in [-0.39, 0.29) is 11.7 Å². The van der Waals surface area contributed by atoms with Crippen molar-refractivity contribution >= 4 is 45.5 Å². The first-order chi connectivity index (χ1) is 13.2. The van der Waals surface area contributed by atoms with Gasteiger partial charge < -0.3 is 15.4 Å². The Hall–Kier alpha value is -2.58. The highest BCUT2D eigenvalue weighted by Crippen LogP contribution is 2.29. The molecule has 0 atom stereocenters. The van der Waals surface area contributed by atoms with Gasteiger partial charge in [0.05, 0.1) is 12.9 Å². The van der Waals surface area contributed by atoms with E-state index < -0.39 is 0 Å². The molecule has 0 bridgehead atoms. The molecule has 1 aromatic heterocycles. The van der Waals surface area contributed by atoms with Gasteiger partial charge >= 0.3 is 0 Å². The summed E-state index contributed by atoms with van der Waals surface area (Å²) in [6.45, 7) is 2.07. The van der Waals surface area contributed by atoms with E-state index in [1.54, 1.807) is 7.11 Å². The molecule has 0 aliphatic rings. The van der Waals surface area contributed by atoms with E-state index in [1.165, 1.54) is 23.1 Å². The molecule has 0 aliphatic carbocycles. The molecule has 0 saturated heterocycles. The first-order valence-corrected chi connectivity index (χ1v) is 10.2. The van der Waals surface area contributed by atoms with Crippen molar-refractivity contribution < 1.29 is 9.53 Å². The maximum atomic E-state index is 12.2. The number of ether oxygens (including phenoxy) is 1. The minimum Gasteiger partial charge on any atom is -0.497 e. The molecule has 3 rings (SSSR count). The van der Waals surface area contributed by atoms with E-state index >= 15 is 0 Å². The smallest absolute Gasteiger partial charge is 0.234 e. The number of nitrogens with zero attached hydrogens (tertiary/aromatic N) is 2. The number of rotatable bonds is 8. The summed E-state index contributed by atoms with van der Waals surface area (Å²) in [6, 6.07) is 15.4. The molecule has 1 amide bonds. The lowest BCUT2D eigenvalue weighted by Crippen LogP contribution is -2.15. The average Bonchev–Trinajstić information content (AvgIpc) is 3.14. The molecule has 3 aromatic rings. The maximum Gasteiger partial charge on any atom is 0.234 e. The van der Waals surface area contributed by atoms with Crippen LogP contribution in [0.15, 0.2) is 52.9 Å². The lowest BCUT2D eigenvalue weighted by atomic mass is 10.1. The third kappa shape index (κ3) is 5.45. The van der Waals surface area contributed by atoms with E-state index in [1.807, 2.05) is 48.5 Å². The number of methoxy groups -OCH3 is 1. The average molecular weight is 401 g/mol. The number of para-hydroxylation sites is 1. The van der Waals surface area contributed by atoms with E-state index in [4.69, 9.17) is 4.74 Å². The number of amides is 1. The highest BCUT2D eigenvalue weighted by Gasteiger charge is 2.10. The predicted molar refractivity (Wildman–Crippen MR) is 111 cm³/mol. The molecule has 1 heterocycles. The molecule has 0 aliphatic heterocycles. The number of aryl methyl sites for hydroxylation is 1. The Morgan fingerprint density at radius 1 is 1.19 bits per heavy atom. The number of benzene rings is 2. The highest BCUT2D eigenvalue weighted by molar-refractivity contribution is 8.01. The number of hydrogen-bond acceptors (Lipinski definition) is 7. The fraction of sp³-hybridized carbons (Fsp3) is 0.211. The largest absolute Gasteiger partial charge is 0.497 e. The van der Waals surface area contributed by atoms with Crippen LogP contribution in [0.5, 0.6) is 5.75 Å². The highest BCUT2D eigenvalue weighted by atomic mass is 32.2. The van der Waals surface area contributed by atoms with Crippen molar-refractivity contribution in [3.63, 3.8) is 0 Å². The molecule has 2 N–H and O–H groups in total. The third-order valence-corrected chi connectivity index (χ3v) is 5.70. The van der Waals surface area contributed by atoms with Crippen molar-refractivity contribution in [1.29, 1.82) is 0 Å². The van der Waals surface area contributed by atoms with E-state index in [9.17, 15) is 4.79 Å². The van der Waals surface area contributed by atoms with Crippen LogP contribution >= 0.6 is 23.1 Å². The Morgan fingerprint density at radius 3 is 2.85 bits per heavy atom. The van der Waals surface area contributed by atoms with Gasteiger partial charge in [-0.25, -0.2) is 0 Å². The Balaban J connectivity index is 1.54. The number of nitrogens with one attached hydrogen (secondary N) is 2. The van der Waals surface area contributed by atoms with Crippen molar-refractivity contribution in [2.45, 2.75) is 17.7 Å². The molecule has 6 nitrogen and oxygen atoms in total. The van der Waals surface area contributed by atoms with Gasteiger partial charge in [-0.2, -0.15) is 0 Å². The lowest BCUT2D eigenvalue weighted by Gasteiger charge is -2.08. The maximum absolute atomic E-state index is 12.2. The molecule has 2 aromatic carbocycles. The summed E-state index contributed by atoms with van der Waals surface area (Å²) in [6.07, 6.45) is 0.874. The third-order valence-electron chi connectivity index (χ3n) is 3.73. The van der Waals surface area contributed by atoms with Gasteiger partial charge in [-0.15, -0.1) is 10.2 Å². The van der Waals surface area contributed by atoms with Crippen LogP contribution in [0.4, 0.5) is 16.5 Å². The first kappa shape index (κ1) is 19.2. The van der Waals surface area contributed by atoms with Crippen molar-refractivity contribution in [3.05, 3.63) is 54.1 Å². The molecule has 0 saturated carbocycles. The second-order valence-corrected chi connectivity index (χ2v) is 7.78. The van der Waals surface area contributed by atoms with Gasteiger partial charge in [-0.05, 0) is 30.2 Å². The molecule has 140 valence electrons. The first-order valence-electron chi connectivity index (χ1n) is 8.43. The molecule has 8 heteroatoms. The summed E-state index contributed by atoms with van der Waals surface area (Å²) < 4.78 is 5.94. The monoisotopic (exact) mass is 400 g/mol. The lowest BCUT2D eigenvalue weighted by molar-refractivity contribution is -0.113. The van der Waals surface area contributed by atoms with E-state index in [0.29, 0.717) is 5.13 Å². The number of aromatic nitrogens is 2. The van der Waals surface area contributed by atoms with Gasteiger partial charge in [0.25, 0.3) is 0 Å². The fourth-order valence-corrected chi connectivity index (χ4v) is 3.98. The zero-order chi connectivity index (χ0) is 19.1. The summed E-state index contributed by atoms with van der Waals surface area (Å²) in [5.74, 6) is 0.993. The number of thioether (sulfide) groups is 1. The van der Waals surface area contributed by atoms with Crippen LogP contribution in [0.1, 0.15) is 12.5 Å². The number of hydrogen-bond donors (Lipinski definition) is 2. The van der Waals surface area contributed by atoms with Crippen molar-refractivity contribution in [1.82, 2.24) is 10.2 Å². The summed E-state index contributed by atoms with van der Waals surface area (Å²) in [7, 11) is 1.63. The van der Waals surface area contributed by atoms with Crippen LogP contribution < -0.4 is 15.4 Å².